The predicted molar refractivity (Wildman–Crippen MR) is 94.5 cm³/mol. The van der Waals surface area contributed by atoms with Crippen LogP contribution in [0.2, 0.25) is 0 Å². The highest BCUT2D eigenvalue weighted by Gasteiger charge is 2.29. The van der Waals surface area contributed by atoms with E-state index in [4.69, 9.17) is 4.74 Å². The van der Waals surface area contributed by atoms with Crippen molar-refractivity contribution in [1.82, 2.24) is 4.98 Å². The molecule has 8 heteroatoms. The molecular formula is C17H17N2O5S. The van der Waals surface area contributed by atoms with Gasteiger partial charge >= 0.3 is 17.2 Å². The highest BCUT2D eigenvalue weighted by Crippen LogP contribution is 2.34. The monoisotopic (exact) mass is 361 g/mol. The molecule has 0 aliphatic carbocycles. The number of rotatable bonds is 7. The quantitative estimate of drug-likeness (QED) is 0.350. The van der Waals surface area contributed by atoms with Crippen LogP contribution in [0.1, 0.15) is 35.0 Å². The Morgan fingerprint density at radius 3 is 2.64 bits per heavy atom. The lowest BCUT2D eigenvalue weighted by atomic mass is 10.2. The maximum Gasteiger partial charge on any atom is 0.348 e. The molecule has 0 fully saturated rings. The first-order chi connectivity index (χ1) is 12.0. The van der Waals surface area contributed by atoms with Crippen molar-refractivity contribution >= 4 is 23.4 Å². The number of carbonyl (C=O) groups is 1. The number of nitrogens with one attached hydrogen (secondary N) is 1. The van der Waals surface area contributed by atoms with Gasteiger partial charge in [-0.1, -0.05) is 37.3 Å². The average Bonchev–Trinajstić information content (AvgIpc) is 2.58. The summed E-state index contributed by atoms with van der Waals surface area (Å²) in [6.45, 7) is 4.62. The zero-order valence-corrected chi connectivity index (χ0v) is 14.6. The molecule has 0 saturated heterocycles. The normalized spacial score (nSPS) is 10.5. The molecule has 0 spiro atoms. The number of aromatic amines is 1. The highest BCUT2D eigenvalue weighted by atomic mass is 32.2. The summed E-state index contributed by atoms with van der Waals surface area (Å²) in [6, 6.07) is 9.28. The third-order valence-corrected chi connectivity index (χ3v) is 4.47. The topological polar surface area (TPSA) is 102 Å². The summed E-state index contributed by atoms with van der Waals surface area (Å²) in [5.41, 5.74) is -0.319. The number of aryl methyl sites for hydroxylation is 1. The van der Waals surface area contributed by atoms with Crippen LogP contribution in [0, 0.1) is 23.6 Å². The predicted octanol–water partition coefficient (Wildman–Crippen LogP) is 3.61. The van der Waals surface area contributed by atoms with Gasteiger partial charge in [0.1, 0.15) is 11.5 Å². The van der Waals surface area contributed by atoms with Crippen molar-refractivity contribution in [3.05, 3.63) is 74.2 Å². The first-order valence-corrected chi connectivity index (χ1v) is 8.54. The number of ether oxygens (including phenoxy) is 1. The van der Waals surface area contributed by atoms with E-state index in [1.807, 2.05) is 30.3 Å². The zero-order chi connectivity index (χ0) is 18.4. The standard InChI is InChI=1S/C17H17N2O5S/c1-3-9-24-17(21)13-11(2)18-16(20)14(19(22)23)15(13)25-10-12-7-5-4-6-8-12/h4-9H,3,10H2,1-2H3,(H,18,20). The van der Waals surface area contributed by atoms with Crippen LogP contribution in [0.25, 0.3) is 0 Å². The van der Waals surface area contributed by atoms with Gasteiger partial charge in [-0.15, -0.1) is 11.8 Å². The van der Waals surface area contributed by atoms with Gasteiger partial charge in [0.05, 0.1) is 10.5 Å². The van der Waals surface area contributed by atoms with E-state index in [0.29, 0.717) is 12.2 Å². The molecule has 1 aromatic heterocycles. The van der Waals surface area contributed by atoms with Crippen LogP contribution in [0.5, 0.6) is 0 Å². The van der Waals surface area contributed by atoms with E-state index in [9.17, 15) is 19.7 Å². The van der Waals surface area contributed by atoms with Gasteiger partial charge < -0.3 is 9.72 Å². The van der Waals surface area contributed by atoms with Crippen molar-refractivity contribution in [2.24, 2.45) is 0 Å². The minimum atomic E-state index is -0.839. The van der Waals surface area contributed by atoms with E-state index in [2.05, 4.69) is 4.98 Å². The van der Waals surface area contributed by atoms with Crippen LogP contribution in [-0.4, -0.2) is 15.9 Å². The first kappa shape index (κ1) is 18.7. The van der Waals surface area contributed by atoms with Crippen LogP contribution in [0.3, 0.4) is 0 Å². The lowest BCUT2D eigenvalue weighted by Gasteiger charge is -2.11. The average molecular weight is 361 g/mol. The Hall–Kier alpha value is -2.61. The van der Waals surface area contributed by atoms with Gasteiger partial charge in [0, 0.05) is 11.4 Å². The molecule has 2 rings (SSSR count). The molecule has 131 valence electrons. The summed E-state index contributed by atoms with van der Waals surface area (Å²) in [6.07, 6.45) is 0.503. The summed E-state index contributed by atoms with van der Waals surface area (Å²) in [5.74, 6) is -0.350. The molecule has 0 saturated carbocycles. The lowest BCUT2D eigenvalue weighted by Crippen LogP contribution is -2.19. The Morgan fingerprint density at radius 2 is 2.04 bits per heavy atom. The van der Waals surface area contributed by atoms with Crippen LogP contribution in [0.4, 0.5) is 5.69 Å². The van der Waals surface area contributed by atoms with Crippen molar-refractivity contribution in [2.45, 2.75) is 30.9 Å². The Labute approximate surface area is 148 Å². The fourth-order valence-electron chi connectivity index (χ4n) is 2.18. The Bertz CT molecular complexity index is 833. The minimum Gasteiger partial charge on any atom is -0.455 e. The van der Waals surface area contributed by atoms with Crippen LogP contribution in [-0.2, 0) is 10.5 Å². The third-order valence-electron chi connectivity index (χ3n) is 3.30. The zero-order valence-electron chi connectivity index (χ0n) is 13.8. The smallest absolute Gasteiger partial charge is 0.348 e. The molecule has 1 aromatic carbocycles. The molecule has 0 unspecified atom stereocenters. The number of thioether (sulfide) groups is 1. The molecule has 7 nitrogen and oxygen atoms in total. The maximum absolute atomic E-state index is 12.3. The molecule has 0 atom stereocenters. The number of nitro groups is 1. The van der Waals surface area contributed by atoms with E-state index >= 15 is 0 Å². The molecule has 0 bridgehead atoms. The fraction of sp³-hybridized carbons (Fsp3) is 0.235. The highest BCUT2D eigenvalue weighted by molar-refractivity contribution is 7.98. The number of nitrogens with zero attached hydrogens (tertiary/aromatic N) is 1. The number of esters is 1. The van der Waals surface area contributed by atoms with Gasteiger partial charge in [0.25, 0.3) is 0 Å². The number of benzene rings is 1. The number of hydrogen-bond acceptors (Lipinski definition) is 6. The molecule has 1 radical (unpaired) electrons. The lowest BCUT2D eigenvalue weighted by molar-refractivity contribution is -0.389. The van der Waals surface area contributed by atoms with E-state index in [-0.39, 0.29) is 16.2 Å². The van der Waals surface area contributed by atoms with Gasteiger partial charge in [-0.05, 0) is 18.9 Å². The van der Waals surface area contributed by atoms with Crippen molar-refractivity contribution in [1.29, 1.82) is 0 Å². The van der Waals surface area contributed by atoms with Gasteiger partial charge in [0.2, 0.25) is 0 Å². The van der Waals surface area contributed by atoms with Crippen LogP contribution in [0.15, 0.2) is 40.0 Å². The maximum atomic E-state index is 12.3. The summed E-state index contributed by atoms with van der Waals surface area (Å²) in [7, 11) is 0. The third kappa shape index (κ3) is 4.48. The molecule has 1 heterocycles. The Balaban J connectivity index is 2.49. The molecule has 2 aromatic rings. The largest absolute Gasteiger partial charge is 0.455 e. The second-order valence-electron chi connectivity index (χ2n) is 5.14. The number of carbonyl (C=O) groups excluding carboxylic acids is 1. The molecule has 0 amide bonds. The molecule has 0 aliphatic rings. The number of aromatic nitrogens is 1. The Morgan fingerprint density at radius 1 is 1.36 bits per heavy atom. The SMILES string of the molecule is CC[CH]OC(=O)c1c(C)[nH]c(=O)c([N+](=O)[O-])c1SCc1ccccc1. The van der Waals surface area contributed by atoms with Crippen molar-refractivity contribution in [3.63, 3.8) is 0 Å². The van der Waals surface area contributed by atoms with Crippen LogP contribution < -0.4 is 5.56 Å². The van der Waals surface area contributed by atoms with Crippen molar-refractivity contribution < 1.29 is 14.5 Å². The Kier molecular flexibility index (Phi) is 6.35. The van der Waals surface area contributed by atoms with E-state index in [1.165, 1.54) is 13.5 Å². The second kappa shape index (κ2) is 8.48. The van der Waals surface area contributed by atoms with Gasteiger partial charge in [-0.3, -0.25) is 14.9 Å². The van der Waals surface area contributed by atoms with Gasteiger partial charge in [0.15, 0.2) is 0 Å². The van der Waals surface area contributed by atoms with E-state index in [1.54, 1.807) is 6.92 Å². The summed E-state index contributed by atoms with van der Waals surface area (Å²) in [4.78, 5) is 37.3. The fourth-order valence-corrected chi connectivity index (χ4v) is 3.37. The number of H-pyrrole nitrogens is 1. The number of hydrogen-bond donors (Lipinski definition) is 1. The minimum absolute atomic E-state index is 0.0110. The molecule has 1 N–H and O–H groups in total. The van der Waals surface area contributed by atoms with Crippen molar-refractivity contribution in [2.75, 3.05) is 0 Å². The van der Waals surface area contributed by atoms with E-state index < -0.39 is 22.1 Å². The number of pyridine rings is 1. The van der Waals surface area contributed by atoms with Gasteiger partial charge in [-0.2, -0.15) is 0 Å². The van der Waals surface area contributed by atoms with Crippen molar-refractivity contribution in [3.8, 4) is 0 Å². The first-order valence-electron chi connectivity index (χ1n) is 7.56. The summed E-state index contributed by atoms with van der Waals surface area (Å²) >= 11 is 1.07. The second-order valence-corrected chi connectivity index (χ2v) is 6.13. The molecule has 0 aliphatic heterocycles. The van der Waals surface area contributed by atoms with Crippen LogP contribution >= 0.6 is 11.8 Å². The molecular weight excluding hydrogens is 344 g/mol. The molecule has 25 heavy (non-hydrogen) atoms. The van der Waals surface area contributed by atoms with E-state index in [0.717, 1.165) is 17.3 Å². The summed E-state index contributed by atoms with van der Waals surface area (Å²) < 4.78 is 5.00. The van der Waals surface area contributed by atoms with Gasteiger partial charge in [-0.25, -0.2) is 4.79 Å². The summed E-state index contributed by atoms with van der Waals surface area (Å²) in [5, 5.41) is 11.4.